The predicted molar refractivity (Wildman–Crippen MR) is 82.6 cm³/mol. The lowest BCUT2D eigenvalue weighted by Crippen LogP contribution is -2.02. The number of benzene rings is 2. The maximum atomic E-state index is 10.8. The van der Waals surface area contributed by atoms with Gasteiger partial charge in [0.15, 0.2) is 0 Å². The summed E-state index contributed by atoms with van der Waals surface area (Å²) in [4.78, 5) is 10.8. The van der Waals surface area contributed by atoms with Crippen molar-refractivity contribution in [3.8, 4) is 0 Å². The Labute approximate surface area is 127 Å². The number of aromatic carboxylic acids is 1. The van der Waals surface area contributed by atoms with Crippen molar-refractivity contribution < 1.29 is 9.90 Å². The highest BCUT2D eigenvalue weighted by molar-refractivity contribution is 9.10. The molecule has 3 nitrogen and oxygen atoms in total. The fraction of sp³-hybridized carbons (Fsp3) is 0.0714. The number of carbonyl (C=O) groups is 1. The minimum Gasteiger partial charge on any atom is -0.478 e. The van der Waals surface area contributed by atoms with Gasteiger partial charge in [-0.05, 0) is 51.8 Å². The van der Waals surface area contributed by atoms with E-state index in [1.54, 1.807) is 18.2 Å². The molecule has 2 aromatic rings. The maximum absolute atomic E-state index is 10.8. The van der Waals surface area contributed by atoms with E-state index in [9.17, 15) is 4.79 Å². The molecular weight excluding hydrogens is 374 g/mol. The second-order valence-corrected chi connectivity index (χ2v) is 5.75. The molecule has 2 rings (SSSR count). The first-order chi connectivity index (χ1) is 9.06. The van der Waals surface area contributed by atoms with E-state index in [1.165, 1.54) is 0 Å². The van der Waals surface area contributed by atoms with Crippen LogP contribution in [0.25, 0.3) is 0 Å². The summed E-state index contributed by atoms with van der Waals surface area (Å²) < 4.78 is 1.77. The highest BCUT2D eigenvalue weighted by Crippen LogP contribution is 2.24. The monoisotopic (exact) mass is 383 g/mol. The molecule has 0 unspecified atom stereocenters. The number of nitrogens with one attached hydrogen (secondary N) is 1. The normalized spacial score (nSPS) is 10.2. The van der Waals surface area contributed by atoms with Crippen LogP contribution in [0.5, 0.6) is 0 Å². The summed E-state index contributed by atoms with van der Waals surface area (Å²) in [6.07, 6.45) is 0. The van der Waals surface area contributed by atoms with Gasteiger partial charge in [-0.25, -0.2) is 4.79 Å². The van der Waals surface area contributed by atoms with Crippen LogP contribution < -0.4 is 5.32 Å². The van der Waals surface area contributed by atoms with E-state index in [2.05, 4.69) is 37.2 Å². The molecule has 2 aromatic carbocycles. The van der Waals surface area contributed by atoms with Gasteiger partial charge in [0.2, 0.25) is 0 Å². The van der Waals surface area contributed by atoms with E-state index in [0.717, 1.165) is 20.2 Å². The second kappa shape index (κ2) is 6.21. The Morgan fingerprint density at radius 3 is 2.58 bits per heavy atom. The van der Waals surface area contributed by atoms with E-state index in [4.69, 9.17) is 5.11 Å². The van der Waals surface area contributed by atoms with Crippen LogP contribution in [0.3, 0.4) is 0 Å². The molecule has 2 N–H and O–H groups in total. The van der Waals surface area contributed by atoms with Gasteiger partial charge in [0.1, 0.15) is 0 Å². The third kappa shape index (κ3) is 3.81. The zero-order chi connectivity index (χ0) is 13.8. The Kier molecular flexibility index (Phi) is 4.61. The lowest BCUT2D eigenvalue weighted by molar-refractivity contribution is 0.0697. The largest absolute Gasteiger partial charge is 0.478 e. The molecule has 19 heavy (non-hydrogen) atoms. The van der Waals surface area contributed by atoms with Gasteiger partial charge in [-0.3, -0.25) is 0 Å². The minimum absolute atomic E-state index is 0.264. The molecule has 0 spiro atoms. The Morgan fingerprint density at radius 2 is 1.95 bits per heavy atom. The summed E-state index contributed by atoms with van der Waals surface area (Å²) in [5.74, 6) is -0.931. The fourth-order valence-electron chi connectivity index (χ4n) is 1.64. The summed E-state index contributed by atoms with van der Waals surface area (Å²) in [7, 11) is 0. The lowest BCUT2D eigenvalue weighted by atomic mass is 10.2. The summed E-state index contributed by atoms with van der Waals surface area (Å²) in [5, 5.41) is 12.2. The topological polar surface area (TPSA) is 49.3 Å². The average molecular weight is 385 g/mol. The zero-order valence-electron chi connectivity index (χ0n) is 9.86. The molecule has 0 heterocycles. The van der Waals surface area contributed by atoms with Crippen LogP contribution in [0.2, 0.25) is 0 Å². The van der Waals surface area contributed by atoms with Crippen molar-refractivity contribution in [2.45, 2.75) is 6.54 Å². The summed E-state index contributed by atoms with van der Waals surface area (Å²) in [6, 6.07) is 12.9. The van der Waals surface area contributed by atoms with Crippen molar-refractivity contribution in [2.24, 2.45) is 0 Å². The van der Waals surface area contributed by atoms with Crippen molar-refractivity contribution in [1.82, 2.24) is 0 Å². The van der Waals surface area contributed by atoms with Gasteiger partial charge in [-0.2, -0.15) is 0 Å². The van der Waals surface area contributed by atoms with Crippen LogP contribution in [-0.4, -0.2) is 11.1 Å². The minimum atomic E-state index is -0.931. The van der Waals surface area contributed by atoms with Gasteiger partial charge in [-0.1, -0.05) is 28.1 Å². The molecule has 5 heteroatoms. The number of halogens is 2. The van der Waals surface area contributed by atoms with Crippen LogP contribution in [0.15, 0.2) is 51.4 Å². The van der Waals surface area contributed by atoms with Crippen LogP contribution >= 0.6 is 31.9 Å². The fourth-order valence-corrected chi connectivity index (χ4v) is 2.60. The van der Waals surface area contributed by atoms with Gasteiger partial charge in [0.05, 0.1) is 5.56 Å². The van der Waals surface area contributed by atoms with Crippen molar-refractivity contribution in [3.05, 3.63) is 62.5 Å². The summed E-state index contributed by atoms with van der Waals surface area (Å²) in [5.41, 5.74) is 2.27. The van der Waals surface area contributed by atoms with E-state index in [1.807, 2.05) is 24.3 Å². The molecule has 0 fully saturated rings. The average Bonchev–Trinajstić information content (AvgIpc) is 2.37. The van der Waals surface area contributed by atoms with Crippen molar-refractivity contribution in [1.29, 1.82) is 0 Å². The second-order valence-electron chi connectivity index (χ2n) is 3.98. The first-order valence-corrected chi connectivity index (χ1v) is 7.16. The molecule has 0 amide bonds. The lowest BCUT2D eigenvalue weighted by Gasteiger charge is -2.09. The SMILES string of the molecule is O=C(O)c1ccc(NCc2cccc(Br)c2)c(Br)c1. The molecule has 0 aliphatic rings. The summed E-state index contributed by atoms with van der Waals surface area (Å²) in [6.45, 7) is 0.671. The maximum Gasteiger partial charge on any atom is 0.335 e. The number of rotatable bonds is 4. The standard InChI is InChI=1S/C14H11Br2NO2/c15-11-3-1-2-9(6-11)8-17-13-5-4-10(14(18)19)7-12(13)16/h1-7,17H,8H2,(H,18,19). The van der Waals surface area contributed by atoms with Crippen molar-refractivity contribution >= 4 is 43.5 Å². The number of anilines is 1. The van der Waals surface area contributed by atoms with Crippen LogP contribution in [0.1, 0.15) is 15.9 Å². The Hall–Kier alpha value is -1.33. The van der Waals surface area contributed by atoms with Crippen LogP contribution in [0.4, 0.5) is 5.69 Å². The van der Waals surface area contributed by atoms with Crippen molar-refractivity contribution in [2.75, 3.05) is 5.32 Å². The molecule has 0 bridgehead atoms. The van der Waals surface area contributed by atoms with E-state index >= 15 is 0 Å². The zero-order valence-corrected chi connectivity index (χ0v) is 13.0. The Morgan fingerprint density at radius 1 is 1.16 bits per heavy atom. The molecule has 0 aliphatic carbocycles. The van der Waals surface area contributed by atoms with Gasteiger partial charge in [-0.15, -0.1) is 0 Å². The van der Waals surface area contributed by atoms with Gasteiger partial charge < -0.3 is 10.4 Å². The molecular formula is C14H11Br2NO2. The highest BCUT2D eigenvalue weighted by atomic mass is 79.9. The number of carboxylic acids is 1. The van der Waals surface area contributed by atoms with Gasteiger partial charge in [0, 0.05) is 21.2 Å². The number of hydrogen-bond acceptors (Lipinski definition) is 2. The number of carboxylic acid groups (broad SMARTS) is 1. The van der Waals surface area contributed by atoms with Crippen LogP contribution in [-0.2, 0) is 6.54 Å². The third-order valence-corrected chi connectivity index (χ3v) is 3.74. The predicted octanol–water partition coefficient (Wildman–Crippen LogP) is 4.52. The first-order valence-electron chi connectivity index (χ1n) is 5.57. The smallest absolute Gasteiger partial charge is 0.335 e. The van der Waals surface area contributed by atoms with Crippen molar-refractivity contribution in [3.63, 3.8) is 0 Å². The molecule has 98 valence electrons. The van der Waals surface area contributed by atoms with E-state index in [-0.39, 0.29) is 5.56 Å². The quantitative estimate of drug-likeness (QED) is 0.814. The summed E-state index contributed by atoms with van der Waals surface area (Å²) >= 11 is 6.79. The third-order valence-electron chi connectivity index (χ3n) is 2.59. The molecule has 0 aliphatic heterocycles. The molecule has 0 atom stereocenters. The van der Waals surface area contributed by atoms with E-state index in [0.29, 0.717) is 6.54 Å². The Balaban J connectivity index is 2.10. The Bertz CT molecular complexity index is 614. The number of hydrogen-bond donors (Lipinski definition) is 2. The molecule has 0 saturated carbocycles. The molecule has 0 saturated heterocycles. The van der Waals surface area contributed by atoms with Crippen LogP contribution in [0, 0.1) is 0 Å². The van der Waals surface area contributed by atoms with Gasteiger partial charge >= 0.3 is 5.97 Å². The first kappa shape index (κ1) is 14.1. The van der Waals surface area contributed by atoms with E-state index < -0.39 is 5.97 Å². The van der Waals surface area contributed by atoms with Gasteiger partial charge in [0.25, 0.3) is 0 Å². The molecule has 0 aromatic heterocycles. The molecule has 0 radical (unpaired) electrons. The highest BCUT2D eigenvalue weighted by Gasteiger charge is 2.06.